The summed E-state index contributed by atoms with van der Waals surface area (Å²) in [5, 5.41) is 8.09. The molecule has 2 heterocycles. The van der Waals surface area contributed by atoms with Gasteiger partial charge < -0.3 is 105 Å². The molecule has 33 heteroatoms. The molecular formula is C73H105Cl2F3N4O23S. The van der Waals surface area contributed by atoms with E-state index in [0.717, 1.165) is 27.6 Å². The van der Waals surface area contributed by atoms with E-state index >= 15 is 0 Å². The second-order valence-corrected chi connectivity index (χ2v) is 26.0. The third-order valence-electron chi connectivity index (χ3n) is 15.5. The number of sulfonamides is 1. The first-order valence-electron chi connectivity index (χ1n) is 35.5. The second-order valence-electron chi connectivity index (χ2n) is 23.2. The van der Waals surface area contributed by atoms with Crippen LogP contribution in [-0.2, 0) is 107 Å². The summed E-state index contributed by atoms with van der Waals surface area (Å²) in [6.07, 6.45) is -0.340. The summed E-state index contributed by atoms with van der Waals surface area (Å²) in [7, 11) is -4.07. The molecule has 0 radical (unpaired) electrons. The van der Waals surface area contributed by atoms with Crippen LogP contribution in [0.15, 0.2) is 103 Å². The maximum absolute atomic E-state index is 13.9. The molecule has 0 bridgehead atoms. The summed E-state index contributed by atoms with van der Waals surface area (Å²) in [4.78, 5) is 16.7. The van der Waals surface area contributed by atoms with Crippen LogP contribution < -0.4 is 15.4 Å². The minimum absolute atomic E-state index is 0.0187. The molecule has 0 saturated carbocycles. The van der Waals surface area contributed by atoms with Crippen LogP contribution in [0.3, 0.4) is 0 Å². The quantitative estimate of drug-likeness (QED) is 0.0271. The van der Waals surface area contributed by atoms with E-state index in [2.05, 4.69) is 15.6 Å². The standard InChI is InChI=1S/C73H105Cl2F3N4O23S/c1-86-22-23-88-26-27-90-30-31-92-34-35-94-38-39-96-42-43-97-41-40-95-37-36-93-33-32-91-29-28-89-25-24-87-21-19-80-72(83)105-58-59-2-13-66(14-3-59)103-54-52-101-50-48-99-46-44-98-45-47-100-49-51-102-53-55-104-70-57-65(17-20-82(70)106(84,85)73(76,77)78)81-69-16-18-79-68-15-8-62(56-67(68)69)71(60-4-9-63(74)10-5-60)61-6-11-64(75)12-7-61/h2-16,18,56,65,70-71H,17,19-55,57-58H2,1H3,(H,79,81)(H,80,83). The Bertz CT molecular complexity index is 3120. The first-order chi connectivity index (χ1) is 51.8. The molecule has 2 atom stereocenters. The summed E-state index contributed by atoms with van der Waals surface area (Å²) in [6.45, 7) is 13.5. The van der Waals surface area contributed by atoms with Gasteiger partial charge in [0.1, 0.15) is 25.2 Å². The van der Waals surface area contributed by atoms with Crippen molar-refractivity contribution in [2.24, 2.45) is 0 Å². The Hall–Kier alpha value is -5.28. The highest BCUT2D eigenvalue weighted by Gasteiger charge is 2.53. The fraction of sp³-hybridized carbons (Fsp3) is 0.616. The molecule has 1 aliphatic rings. The van der Waals surface area contributed by atoms with Crippen molar-refractivity contribution in [3.63, 3.8) is 0 Å². The van der Waals surface area contributed by atoms with Crippen molar-refractivity contribution in [2.75, 3.05) is 257 Å². The van der Waals surface area contributed by atoms with Gasteiger partial charge >= 0.3 is 21.6 Å². The Morgan fingerprint density at radius 2 is 0.887 bits per heavy atom. The smallest absolute Gasteiger partial charge is 0.491 e. The van der Waals surface area contributed by atoms with Crippen LogP contribution in [0.4, 0.5) is 23.7 Å². The van der Waals surface area contributed by atoms with Crippen molar-refractivity contribution in [3.05, 3.63) is 136 Å². The van der Waals surface area contributed by atoms with E-state index in [-0.39, 0.29) is 64.9 Å². The highest BCUT2D eigenvalue weighted by Crippen LogP contribution is 2.38. The monoisotopic (exact) mass is 1560 g/mol. The molecule has 6 rings (SSSR count). The third-order valence-corrected chi connectivity index (χ3v) is 17.6. The zero-order chi connectivity index (χ0) is 75.2. The maximum atomic E-state index is 13.9. The largest absolute Gasteiger partial charge is 0.511 e. The molecule has 106 heavy (non-hydrogen) atoms. The number of alkyl halides is 3. The van der Waals surface area contributed by atoms with Crippen molar-refractivity contribution >= 4 is 55.9 Å². The summed E-state index contributed by atoms with van der Waals surface area (Å²) in [6, 6.07) is 29.6. The van der Waals surface area contributed by atoms with Gasteiger partial charge in [0.05, 0.1) is 230 Å². The van der Waals surface area contributed by atoms with E-state index in [4.69, 9.17) is 118 Å². The maximum Gasteiger partial charge on any atom is 0.511 e. The van der Waals surface area contributed by atoms with Gasteiger partial charge in [0, 0.05) is 65.9 Å². The highest BCUT2D eigenvalue weighted by molar-refractivity contribution is 7.90. The topological polar surface area (TPSA) is 276 Å². The van der Waals surface area contributed by atoms with E-state index in [1.165, 1.54) is 0 Å². The van der Waals surface area contributed by atoms with Gasteiger partial charge in [-0.25, -0.2) is 13.2 Å². The number of nitrogens with zero attached hydrogens (tertiary/aromatic N) is 2. The minimum atomic E-state index is -5.71. The molecule has 1 aromatic heterocycles. The fourth-order valence-electron chi connectivity index (χ4n) is 10.2. The SMILES string of the molecule is COCCOCCOCCOCCOCCOCCOCCOCCOCCOCCOCCOCCNC(=O)OCc1ccc(OCCOCCOCCOCCOCCOCCOC2CC(Nc3ccnc4ccc(C(c5ccc(Cl)cc5)c5ccc(Cl)cc5)cc34)CCN2S(=O)(=O)C(F)(F)F)cc1. The van der Waals surface area contributed by atoms with Crippen LogP contribution in [-0.4, -0.2) is 293 Å². The molecule has 0 aliphatic carbocycles. The van der Waals surface area contributed by atoms with Crippen LogP contribution in [0.5, 0.6) is 5.75 Å². The van der Waals surface area contributed by atoms with E-state index in [1.807, 2.05) is 66.7 Å². The van der Waals surface area contributed by atoms with Gasteiger partial charge in [-0.3, -0.25) is 4.98 Å². The number of halogens is 5. The molecule has 596 valence electrons. The number of methoxy groups -OCH3 is 1. The van der Waals surface area contributed by atoms with Crippen molar-refractivity contribution in [3.8, 4) is 5.75 Å². The Kier molecular flexibility index (Phi) is 47.4. The number of pyridine rings is 1. The number of fused-ring (bicyclic) bond motifs is 1. The van der Waals surface area contributed by atoms with Crippen LogP contribution in [0.25, 0.3) is 10.9 Å². The molecule has 4 aromatic carbocycles. The molecule has 2 N–H and O–H groups in total. The van der Waals surface area contributed by atoms with Gasteiger partial charge in [-0.2, -0.15) is 17.5 Å². The first-order valence-corrected chi connectivity index (χ1v) is 37.7. The highest BCUT2D eigenvalue weighted by atomic mass is 35.5. The lowest BCUT2D eigenvalue weighted by atomic mass is 9.84. The lowest BCUT2D eigenvalue weighted by Gasteiger charge is -2.39. The number of alkyl carbamates (subject to hydrolysis) is 1. The molecule has 2 unspecified atom stereocenters. The molecular weight excluding hydrogens is 1460 g/mol. The lowest BCUT2D eigenvalue weighted by molar-refractivity contribution is -0.0857. The number of rotatable bonds is 64. The number of benzene rings is 4. The molecule has 27 nitrogen and oxygen atoms in total. The average Bonchev–Trinajstić information content (AvgIpc) is 0.773. The lowest BCUT2D eigenvalue weighted by Crippen LogP contribution is -2.54. The predicted molar refractivity (Wildman–Crippen MR) is 389 cm³/mol. The van der Waals surface area contributed by atoms with E-state index in [0.29, 0.717) is 230 Å². The molecule has 1 amide bonds. The van der Waals surface area contributed by atoms with Crippen molar-refractivity contribution in [1.29, 1.82) is 0 Å². The Labute approximate surface area is 629 Å². The first kappa shape index (κ1) is 89.6. The van der Waals surface area contributed by atoms with Gasteiger partial charge in [-0.05, 0) is 83.3 Å². The molecule has 1 fully saturated rings. The van der Waals surface area contributed by atoms with Crippen molar-refractivity contribution < 1.29 is 121 Å². The van der Waals surface area contributed by atoms with Gasteiger partial charge in [0.15, 0.2) is 0 Å². The third kappa shape index (κ3) is 38.4. The summed E-state index contributed by atoms with van der Waals surface area (Å²) >= 11 is 12.5. The zero-order valence-corrected chi connectivity index (χ0v) is 62.7. The summed E-state index contributed by atoms with van der Waals surface area (Å²) in [5.41, 5.74) is -0.440. The number of amides is 1. The number of aromatic nitrogens is 1. The van der Waals surface area contributed by atoms with Crippen LogP contribution in [0, 0.1) is 0 Å². The normalized spacial score (nSPS) is 14.4. The number of carbonyl (C=O) groups is 1. The number of ether oxygens (including phenoxy) is 20. The number of hydrogen-bond donors (Lipinski definition) is 2. The fourth-order valence-corrected chi connectivity index (χ4v) is 11.5. The van der Waals surface area contributed by atoms with Crippen LogP contribution in [0.2, 0.25) is 10.0 Å². The van der Waals surface area contributed by atoms with E-state index < -0.39 is 40.4 Å². The Morgan fingerprint density at radius 1 is 0.500 bits per heavy atom. The van der Waals surface area contributed by atoms with Gasteiger partial charge in [-0.15, -0.1) is 0 Å². The Balaban J connectivity index is 0.665. The predicted octanol–water partition coefficient (Wildman–Crippen LogP) is 9.01. The Morgan fingerprint density at radius 3 is 1.30 bits per heavy atom. The summed E-state index contributed by atoms with van der Waals surface area (Å²) < 4.78 is 178. The molecule has 5 aromatic rings. The average molecular weight is 1570 g/mol. The zero-order valence-electron chi connectivity index (χ0n) is 60.4. The second kappa shape index (κ2) is 56.0. The summed E-state index contributed by atoms with van der Waals surface area (Å²) in [5.74, 6) is 0.434. The number of nitrogens with one attached hydrogen (secondary N) is 2. The van der Waals surface area contributed by atoms with Gasteiger partial charge in [-0.1, -0.05) is 65.7 Å². The van der Waals surface area contributed by atoms with Gasteiger partial charge in [0.25, 0.3) is 0 Å². The number of anilines is 1. The number of hydrogen-bond acceptors (Lipinski definition) is 25. The number of carbonyl (C=O) groups excluding carboxylic acids is 1. The number of piperidine rings is 1. The molecule has 1 saturated heterocycles. The van der Waals surface area contributed by atoms with Crippen LogP contribution >= 0.6 is 23.2 Å². The van der Waals surface area contributed by atoms with Crippen molar-refractivity contribution in [1.82, 2.24) is 14.6 Å². The van der Waals surface area contributed by atoms with E-state index in [1.54, 1.807) is 43.6 Å². The molecule has 1 aliphatic heterocycles. The molecule has 0 spiro atoms. The van der Waals surface area contributed by atoms with Crippen molar-refractivity contribution in [2.45, 2.75) is 43.1 Å². The minimum Gasteiger partial charge on any atom is -0.491 e. The van der Waals surface area contributed by atoms with Crippen LogP contribution in [0.1, 0.15) is 41.0 Å². The van der Waals surface area contributed by atoms with E-state index in [9.17, 15) is 26.4 Å². The van der Waals surface area contributed by atoms with Gasteiger partial charge in [0.2, 0.25) is 0 Å².